The summed E-state index contributed by atoms with van der Waals surface area (Å²) in [5.41, 5.74) is 0. The number of aliphatic carboxylic acids is 1. The summed E-state index contributed by atoms with van der Waals surface area (Å²) in [6, 6.07) is 0.140. The molecular formula is C16H28N2O3. The first-order valence-electron chi connectivity index (χ1n) is 8.36. The molecule has 0 aromatic heterocycles. The van der Waals surface area contributed by atoms with Crippen LogP contribution in [0.25, 0.3) is 0 Å². The number of nitrogens with zero attached hydrogens (tertiary/aromatic N) is 2. The molecule has 120 valence electrons. The monoisotopic (exact) mass is 296 g/mol. The van der Waals surface area contributed by atoms with Gasteiger partial charge in [-0.25, -0.2) is 0 Å². The average molecular weight is 296 g/mol. The first-order valence-corrected chi connectivity index (χ1v) is 8.36. The van der Waals surface area contributed by atoms with Crippen LogP contribution in [-0.2, 0) is 9.59 Å². The second-order valence-corrected chi connectivity index (χ2v) is 6.38. The number of piperidine rings is 2. The highest BCUT2D eigenvalue weighted by Gasteiger charge is 2.32. The zero-order valence-corrected chi connectivity index (χ0v) is 13.1. The third kappa shape index (κ3) is 4.43. The molecule has 0 aromatic carbocycles. The van der Waals surface area contributed by atoms with Crippen LogP contribution >= 0.6 is 0 Å². The number of likely N-dealkylation sites (tertiary alicyclic amines) is 2. The van der Waals surface area contributed by atoms with E-state index in [0.717, 1.165) is 51.7 Å². The molecule has 2 aliphatic heterocycles. The van der Waals surface area contributed by atoms with Gasteiger partial charge >= 0.3 is 5.97 Å². The lowest BCUT2D eigenvalue weighted by Crippen LogP contribution is -2.53. The number of carboxylic acids is 1. The van der Waals surface area contributed by atoms with Crippen LogP contribution in [0.2, 0.25) is 0 Å². The van der Waals surface area contributed by atoms with Crippen molar-refractivity contribution in [1.82, 2.24) is 9.80 Å². The average Bonchev–Trinajstić information content (AvgIpc) is 2.52. The van der Waals surface area contributed by atoms with E-state index in [0.29, 0.717) is 6.42 Å². The van der Waals surface area contributed by atoms with Crippen molar-refractivity contribution in [3.8, 4) is 0 Å². The Morgan fingerprint density at radius 3 is 2.43 bits per heavy atom. The van der Waals surface area contributed by atoms with Crippen molar-refractivity contribution in [2.75, 3.05) is 19.6 Å². The molecule has 21 heavy (non-hydrogen) atoms. The Kier molecular flexibility index (Phi) is 6.03. The maximum absolute atomic E-state index is 12.6. The third-order valence-electron chi connectivity index (χ3n) is 4.89. The van der Waals surface area contributed by atoms with Crippen molar-refractivity contribution in [3.63, 3.8) is 0 Å². The molecule has 0 radical (unpaired) electrons. The van der Waals surface area contributed by atoms with E-state index in [-0.39, 0.29) is 24.4 Å². The van der Waals surface area contributed by atoms with E-state index in [9.17, 15) is 9.59 Å². The summed E-state index contributed by atoms with van der Waals surface area (Å²) in [5, 5.41) is 8.89. The van der Waals surface area contributed by atoms with Crippen LogP contribution in [0, 0.1) is 0 Å². The zero-order valence-electron chi connectivity index (χ0n) is 13.1. The van der Waals surface area contributed by atoms with Crippen LogP contribution < -0.4 is 0 Å². The number of carbonyl (C=O) groups is 2. The van der Waals surface area contributed by atoms with Crippen molar-refractivity contribution < 1.29 is 14.7 Å². The summed E-state index contributed by atoms with van der Waals surface area (Å²) in [5.74, 6) is -0.507. The van der Waals surface area contributed by atoms with Crippen molar-refractivity contribution >= 4 is 11.9 Å². The van der Waals surface area contributed by atoms with Crippen molar-refractivity contribution in [3.05, 3.63) is 0 Å². The Hall–Kier alpha value is -1.10. The fourth-order valence-electron chi connectivity index (χ4n) is 3.65. The van der Waals surface area contributed by atoms with Gasteiger partial charge in [0.05, 0.1) is 6.04 Å². The normalized spacial score (nSPS) is 25.6. The van der Waals surface area contributed by atoms with Gasteiger partial charge in [-0.05, 0) is 52.0 Å². The molecule has 2 heterocycles. The molecule has 2 rings (SSSR count). The second-order valence-electron chi connectivity index (χ2n) is 6.38. The molecule has 2 saturated heterocycles. The maximum atomic E-state index is 12.6. The van der Waals surface area contributed by atoms with E-state index in [1.807, 2.05) is 11.8 Å². The first kappa shape index (κ1) is 16.3. The molecule has 1 N–H and O–H groups in total. The molecule has 1 amide bonds. The number of carbonyl (C=O) groups excluding carboxylic acids is 1. The van der Waals surface area contributed by atoms with Crippen LogP contribution in [0.4, 0.5) is 0 Å². The minimum absolute atomic E-state index is 0.109. The van der Waals surface area contributed by atoms with Gasteiger partial charge in [-0.15, -0.1) is 0 Å². The topological polar surface area (TPSA) is 60.9 Å². The molecule has 0 bridgehead atoms. The van der Waals surface area contributed by atoms with Crippen molar-refractivity contribution in [1.29, 1.82) is 0 Å². The standard InChI is InChI=1S/C16H28N2O3/c1-13(16(21)17-10-4-2-5-11-17)18-12-6-3-7-14(18)8-9-15(19)20/h13-14H,2-12H2,1H3,(H,19,20). The van der Waals surface area contributed by atoms with Crippen LogP contribution in [0.5, 0.6) is 0 Å². The van der Waals surface area contributed by atoms with Crippen molar-refractivity contribution in [2.24, 2.45) is 0 Å². The van der Waals surface area contributed by atoms with Gasteiger partial charge in [0, 0.05) is 25.6 Å². The van der Waals surface area contributed by atoms with E-state index >= 15 is 0 Å². The number of hydrogen-bond donors (Lipinski definition) is 1. The first-order chi connectivity index (χ1) is 10.1. The van der Waals surface area contributed by atoms with Crippen LogP contribution in [0.3, 0.4) is 0 Å². The van der Waals surface area contributed by atoms with Gasteiger partial charge in [0.15, 0.2) is 0 Å². The number of hydrogen-bond acceptors (Lipinski definition) is 3. The van der Waals surface area contributed by atoms with Gasteiger partial charge in [0.25, 0.3) is 0 Å². The minimum Gasteiger partial charge on any atom is -0.481 e. The van der Waals surface area contributed by atoms with E-state index in [4.69, 9.17) is 5.11 Å². The Morgan fingerprint density at radius 1 is 1.10 bits per heavy atom. The summed E-state index contributed by atoms with van der Waals surface area (Å²) < 4.78 is 0. The molecule has 2 unspecified atom stereocenters. The van der Waals surface area contributed by atoms with E-state index in [1.54, 1.807) is 0 Å². The lowest BCUT2D eigenvalue weighted by Gasteiger charge is -2.41. The summed E-state index contributed by atoms with van der Waals surface area (Å²) in [7, 11) is 0. The fourth-order valence-corrected chi connectivity index (χ4v) is 3.65. The highest BCUT2D eigenvalue weighted by molar-refractivity contribution is 5.81. The van der Waals surface area contributed by atoms with Gasteiger partial charge in [-0.2, -0.15) is 0 Å². The second kappa shape index (κ2) is 7.78. The van der Waals surface area contributed by atoms with Crippen LogP contribution in [-0.4, -0.2) is 58.5 Å². The SMILES string of the molecule is CC(C(=O)N1CCCCC1)N1CCCCC1CCC(=O)O. The van der Waals surface area contributed by atoms with Crippen LogP contribution in [0.1, 0.15) is 58.3 Å². The lowest BCUT2D eigenvalue weighted by atomic mass is 9.95. The quantitative estimate of drug-likeness (QED) is 0.844. The van der Waals surface area contributed by atoms with Crippen LogP contribution in [0.15, 0.2) is 0 Å². The van der Waals surface area contributed by atoms with Gasteiger partial charge < -0.3 is 10.0 Å². The maximum Gasteiger partial charge on any atom is 0.303 e. The van der Waals surface area contributed by atoms with E-state index in [1.165, 1.54) is 6.42 Å². The largest absolute Gasteiger partial charge is 0.481 e. The summed E-state index contributed by atoms with van der Waals surface area (Å²) in [6.07, 6.45) is 7.58. The highest BCUT2D eigenvalue weighted by Crippen LogP contribution is 2.24. The summed E-state index contributed by atoms with van der Waals surface area (Å²) in [4.78, 5) is 27.7. The highest BCUT2D eigenvalue weighted by atomic mass is 16.4. The Morgan fingerprint density at radius 2 is 1.76 bits per heavy atom. The van der Waals surface area contributed by atoms with Gasteiger partial charge in [-0.3, -0.25) is 14.5 Å². The molecule has 2 atom stereocenters. The van der Waals surface area contributed by atoms with Gasteiger partial charge in [0.2, 0.25) is 5.91 Å². The fraction of sp³-hybridized carbons (Fsp3) is 0.875. The lowest BCUT2D eigenvalue weighted by molar-refractivity contribution is -0.139. The zero-order chi connectivity index (χ0) is 15.2. The molecule has 0 saturated carbocycles. The molecule has 0 aliphatic carbocycles. The molecule has 0 spiro atoms. The Labute approximate surface area is 127 Å². The molecule has 0 aromatic rings. The summed E-state index contributed by atoms with van der Waals surface area (Å²) >= 11 is 0. The van der Waals surface area contributed by atoms with Crippen molar-refractivity contribution in [2.45, 2.75) is 70.4 Å². The number of carboxylic acid groups (broad SMARTS) is 1. The smallest absolute Gasteiger partial charge is 0.303 e. The molecule has 2 aliphatic rings. The molecule has 2 fully saturated rings. The molecule has 5 heteroatoms. The summed E-state index contributed by atoms with van der Waals surface area (Å²) in [6.45, 7) is 4.69. The Bertz CT molecular complexity index is 367. The number of rotatable bonds is 5. The minimum atomic E-state index is -0.740. The number of amides is 1. The van der Waals surface area contributed by atoms with Gasteiger partial charge in [0.1, 0.15) is 0 Å². The third-order valence-corrected chi connectivity index (χ3v) is 4.89. The predicted octanol–water partition coefficient (Wildman–Crippen LogP) is 2.11. The Balaban J connectivity index is 1.94. The van der Waals surface area contributed by atoms with E-state index in [2.05, 4.69) is 4.90 Å². The van der Waals surface area contributed by atoms with Gasteiger partial charge in [-0.1, -0.05) is 6.42 Å². The van der Waals surface area contributed by atoms with E-state index < -0.39 is 5.97 Å². The molecule has 5 nitrogen and oxygen atoms in total. The molecular weight excluding hydrogens is 268 g/mol. The predicted molar refractivity (Wildman–Crippen MR) is 81.1 cm³/mol.